The number of anilines is 1. The number of para-hydroxylation sites is 1. The van der Waals surface area contributed by atoms with Crippen LogP contribution < -0.4 is 14.8 Å². The van der Waals surface area contributed by atoms with Crippen molar-refractivity contribution in [3.63, 3.8) is 0 Å². The van der Waals surface area contributed by atoms with E-state index in [4.69, 9.17) is 14.5 Å². The molecule has 0 unspecified atom stereocenters. The van der Waals surface area contributed by atoms with Crippen molar-refractivity contribution in [3.8, 4) is 17.2 Å². The molecule has 2 amide bonds. The molecule has 2 aromatic heterocycles. The van der Waals surface area contributed by atoms with E-state index in [0.29, 0.717) is 36.8 Å². The van der Waals surface area contributed by atoms with Gasteiger partial charge in [0.25, 0.3) is 0 Å². The average Bonchev–Trinajstić information content (AvgIpc) is 3.27. The second-order valence-electron chi connectivity index (χ2n) is 8.31. The molecule has 3 heterocycles. The Kier molecular flexibility index (Phi) is 6.49. The second-order valence-corrected chi connectivity index (χ2v) is 8.31. The number of carbonyl (C=O) groups is 1. The normalized spacial score (nSPS) is 14.2. The fourth-order valence-corrected chi connectivity index (χ4v) is 4.34. The second kappa shape index (κ2) is 10.0. The van der Waals surface area contributed by atoms with E-state index < -0.39 is 0 Å². The van der Waals surface area contributed by atoms with Gasteiger partial charge in [0.05, 0.1) is 20.8 Å². The van der Waals surface area contributed by atoms with Gasteiger partial charge < -0.3 is 19.7 Å². The number of nitrogens with zero attached hydrogens (tertiary/aromatic N) is 5. The van der Waals surface area contributed by atoms with E-state index in [1.807, 2.05) is 35.2 Å². The Hall–Kier alpha value is -4.11. The third kappa shape index (κ3) is 4.76. The number of imidazole rings is 1. The third-order valence-corrected chi connectivity index (χ3v) is 6.16. The molecule has 0 atom stereocenters. The molecule has 4 aromatic rings. The van der Waals surface area contributed by atoms with Crippen molar-refractivity contribution < 1.29 is 14.3 Å². The summed E-state index contributed by atoms with van der Waals surface area (Å²) < 4.78 is 12.7. The Balaban J connectivity index is 1.25. The van der Waals surface area contributed by atoms with Crippen molar-refractivity contribution in [1.29, 1.82) is 0 Å². The fraction of sp³-hybridized carbons (Fsp3) is 0.269. The molecule has 1 aliphatic heterocycles. The number of amides is 2. The molecular weight excluding hydrogens is 444 g/mol. The van der Waals surface area contributed by atoms with Crippen molar-refractivity contribution in [1.82, 2.24) is 24.3 Å². The molecule has 0 saturated carbocycles. The number of nitrogens with one attached hydrogen (secondary N) is 1. The topological polar surface area (TPSA) is 84.8 Å². The van der Waals surface area contributed by atoms with Gasteiger partial charge >= 0.3 is 6.03 Å². The predicted octanol–water partition coefficient (Wildman–Crippen LogP) is 3.79. The molecule has 0 aliphatic carbocycles. The fourth-order valence-electron chi connectivity index (χ4n) is 4.34. The number of hydrogen-bond acceptors (Lipinski definition) is 6. The summed E-state index contributed by atoms with van der Waals surface area (Å²) in [6.07, 6.45) is 1.79. The van der Waals surface area contributed by atoms with Gasteiger partial charge in [-0.05, 0) is 36.4 Å². The molecule has 9 heteroatoms. The number of carbonyl (C=O) groups excluding carboxylic acids is 1. The zero-order valence-electron chi connectivity index (χ0n) is 19.8. The van der Waals surface area contributed by atoms with Crippen LogP contribution in [0.3, 0.4) is 0 Å². The summed E-state index contributed by atoms with van der Waals surface area (Å²) in [6, 6.07) is 19.3. The van der Waals surface area contributed by atoms with Crippen LogP contribution in [0.25, 0.3) is 16.9 Å². The molecular formula is C26H28N6O3. The number of pyridine rings is 1. The summed E-state index contributed by atoms with van der Waals surface area (Å²) >= 11 is 0. The number of urea groups is 1. The summed E-state index contributed by atoms with van der Waals surface area (Å²) in [5.41, 5.74) is 3.43. The minimum atomic E-state index is -0.127. The lowest BCUT2D eigenvalue weighted by atomic mass is 10.2. The molecule has 2 aromatic carbocycles. The third-order valence-electron chi connectivity index (χ3n) is 6.16. The molecule has 180 valence electrons. The van der Waals surface area contributed by atoms with Crippen molar-refractivity contribution in [2.75, 3.05) is 45.7 Å². The van der Waals surface area contributed by atoms with Gasteiger partial charge in [0.2, 0.25) is 0 Å². The number of hydrogen-bond donors (Lipinski definition) is 1. The highest BCUT2D eigenvalue weighted by molar-refractivity contribution is 5.89. The first-order valence-electron chi connectivity index (χ1n) is 11.5. The molecule has 1 aliphatic rings. The van der Waals surface area contributed by atoms with Gasteiger partial charge in [-0.15, -0.1) is 0 Å². The van der Waals surface area contributed by atoms with Crippen LogP contribution in [0.2, 0.25) is 0 Å². The van der Waals surface area contributed by atoms with Crippen LogP contribution in [0.15, 0.2) is 66.9 Å². The first kappa shape index (κ1) is 22.7. The van der Waals surface area contributed by atoms with Crippen LogP contribution in [-0.2, 0) is 6.54 Å². The van der Waals surface area contributed by atoms with E-state index in [-0.39, 0.29) is 6.03 Å². The molecule has 0 radical (unpaired) electrons. The number of rotatable bonds is 6. The number of ether oxygens (including phenoxy) is 2. The number of aromatic nitrogens is 3. The van der Waals surface area contributed by atoms with E-state index in [1.165, 1.54) is 0 Å². The summed E-state index contributed by atoms with van der Waals surface area (Å²) in [4.78, 5) is 26.4. The molecule has 0 spiro atoms. The summed E-state index contributed by atoms with van der Waals surface area (Å²) in [5.74, 6) is 2.13. The van der Waals surface area contributed by atoms with E-state index in [2.05, 4.69) is 31.9 Å². The minimum absolute atomic E-state index is 0.127. The zero-order valence-corrected chi connectivity index (χ0v) is 19.8. The van der Waals surface area contributed by atoms with Gasteiger partial charge in [-0.25, -0.2) is 14.8 Å². The van der Waals surface area contributed by atoms with Crippen molar-refractivity contribution in [2.45, 2.75) is 6.54 Å². The number of methoxy groups -OCH3 is 2. The largest absolute Gasteiger partial charge is 0.493 e. The van der Waals surface area contributed by atoms with Crippen molar-refractivity contribution in [2.24, 2.45) is 0 Å². The maximum absolute atomic E-state index is 12.8. The highest BCUT2D eigenvalue weighted by Gasteiger charge is 2.24. The lowest BCUT2D eigenvalue weighted by molar-refractivity contribution is 0.140. The molecule has 5 rings (SSSR count). The van der Waals surface area contributed by atoms with Crippen LogP contribution in [-0.4, -0.2) is 70.8 Å². The monoisotopic (exact) mass is 472 g/mol. The maximum atomic E-state index is 12.8. The molecule has 1 fully saturated rings. The van der Waals surface area contributed by atoms with Crippen LogP contribution in [0, 0.1) is 0 Å². The van der Waals surface area contributed by atoms with Crippen LogP contribution in [0.5, 0.6) is 11.5 Å². The smallest absolute Gasteiger partial charge is 0.321 e. The van der Waals surface area contributed by atoms with Crippen LogP contribution in [0.4, 0.5) is 10.5 Å². The van der Waals surface area contributed by atoms with Gasteiger partial charge in [-0.1, -0.05) is 18.2 Å². The SMILES string of the molecule is COc1ccc(NC(=O)N2CCN(Cc3nc4cccnc4n3-c3ccccc3)CC2)cc1OC. The Labute approximate surface area is 203 Å². The van der Waals surface area contributed by atoms with Gasteiger partial charge in [0, 0.05) is 49.8 Å². The first-order chi connectivity index (χ1) is 17.2. The summed E-state index contributed by atoms with van der Waals surface area (Å²) in [7, 11) is 3.16. The molecule has 0 bridgehead atoms. The predicted molar refractivity (Wildman–Crippen MR) is 134 cm³/mol. The molecule has 35 heavy (non-hydrogen) atoms. The molecule has 1 N–H and O–H groups in total. The van der Waals surface area contributed by atoms with E-state index in [0.717, 1.165) is 35.8 Å². The Morgan fingerprint density at radius 3 is 2.46 bits per heavy atom. The van der Waals surface area contributed by atoms with E-state index >= 15 is 0 Å². The lowest BCUT2D eigenvalue weighted by Gasteiger charge is -2.34. The Morgan fingerprint density at radius 2 is 1.71 bits per heavy atom. The van der Waals surface area contributed by atoms with Crippen LogP contribution >= 0.6 is 0 Å². The molecule has 1 saturated heterocycles. The Bertz CT molecular complexity index is 1320. The van der Waals surface area contributed by atoms with Gasteiger partial charge in [-0.3, -0.25) is 9.47 Å². The quantitative estimate of drug-likeness (QED) is 0.460. The first-order valence-corrected chi connectivity index (χ1v) is 11.5. The van der Waals surface area contributed by atoms with Gasteiger partial charge in [-0.2, -0.15) is 0 Å². The van der Waals surface area contributed by atoms with Crippen molar-refractivity contribution >= 4 is 22.9 Å². The number of fused-ring (bicyclic) bond motifs is 1. The molecule has 9 nitrogen and oxygen atoms in total. The van der Waals surface area contributed by atoms with E-state index in [9.17, 15) is 4.79 Å². The highest BCUT2D eigenvalue weighted by atomic mass is 16.5. The summed E-state index contributed by atoms with van der Waals surface area (Å²) in [6.45, 7) is 3.44. The standard InChI is InChI=1S/C26H28N6O3/c1-34-22-11-10-19(17-23(22)35-2)28-26(33)31-15-13-30(14-16-31)18-24-29-21-9-6-12-27-25(21)32(24)20-7-4-3-5-8-20/h3-12,17H,13-16,18H2,1-2H3,(H,28,33). The van der Waals surface area contributed by atoms with Crippen molar-refractivity contribution in [3.05, 3.63) is 72.7 Å². The van der Waals surface area contributed by atoms with Crippen LogP contribution in [0.1, 0.15) is 5.82 Å². The number of piperazine rings is 1. The van der Waals surface area contributed by atoms with E-state index in [1.54, 1.807) is 38.6 Å². The number of benzene rings is 2. The maximum Gasteiger partial charge on any atom is 0.321 e. The van der Waals surface area contributed by atoms with Gasteiger partial charge in [0.15, 0.2) is 17.1 Å². The average molecular weight is 473 g/mol. The minimum Gasteiger partial charge on any atom is -0.493 e. The summed E-state index contributed by atoms with van der Waals surface area (Å²) in [5, 5.41) is 2.96. The van der Waals surface area contributed by atoms with Gasteiger partial charge in [0.1, 0.15) is 11.3 Å². The highest BCUT2D eigenvalue weighted by Crippen LogP contribution is 2.30. The lowest BCUT2D eigenvalue weighted by Crippen LogP contribution is -2.49. The zero-order chi connectivity index (χ0) is 24.2. The Morgan fingerprint density at radius 1 is 0.943 bits per heavy atom.